The van der Waals surface area contributed by atoms with Gasteiger partial charge in [0.1, 0.15) is 0 Å². The van der Waals surface area contributed by atoms with Crippen LogP contribution in [0.3, 0.4) is 0 Å². The number of rotatable bonds is 2. The quantitative estimate of drug-likeness (QED) is 0.574. The molecule has 0 N–H and O–H groups in total. The second-order valence-electron chi connectivity index (χ2n) is 4.38. The molecular formula is C10H17ClN4. The molecule has 0 aromatic carbocycles. The molecule has 0 spiro atoms. The van der Waals surface area contributed by atoms with Crippen molar-refractivity contribution in [2.75, 3.05) is 0 Å². The van der Waals surface area contributed by atoms with E-state index in [4.69, 9.17) is 11.6 Å². The first-order valence-electron chi connectivity index (χ1n) is 5.61. The summed E-state index contributed by atoms with van der Waals surface area (Å²) in [4.78, 5) is 1.52. The fraction of sp³-hybridized carbons (Fsp3) is 0.900. The number of nitrogens with zero attached hydrogens (tertiary/aromatic N) is 4. The van der Waals surface area contributed by atoms with Gasteiger partial charge in [-0.05, 0) is 30.4 Å². The van der Waals surface area contributed by atoms with Crippen molar-refractivity contribution in [1.29, 1.82) is 0 Å². The summed E-state index contributed by atoms with van der Waals surface area (Å²) in [6.07, 6.45) is 6.98. The second kappa shape index (κ2) is 4.92. The Balaban J connectivity index is 1.92. The first-order valence-corrected chi connectivity index (χ1v) is 6.04. The molecule has 2 atom stereocenters. The highest BCUT2D eigenvalue weighted by Crippen LogP contribution is 2.28. The zero-order chi connectivity index (χ0) is 10.7. The number of aryl methyl sites for hydroxylation is 1. The Kier molecular flexibility index (Phi) is 3.57. The van der Waals surface area contributed by atoms with Gasteiger partial charge in [-0.1, -0.05) is 12.8 Å². The molecule has 15 heavy (non-hydrogen) atoms. The number of hydrogen-bond donors (Lipinski definition) is 0. The summed E-state index contributed by atoms with van der Waals surface area (Å²) < 4.78 is 0. The van der Waals surface area contributed by atoms with Gasteiger partial charge in [0.05, 0.1) is 7.05 Å². The summed E-state index contributed by atoms with van der Waals surface area (Å²) >= 11 is 6.23. The van der Waals surface area contributed by atoms with E-state index in [0.717, 1.165) is 25.1 Å². The Morgan fingerprint density at radius 2 is 2.20 bits per heavy atom. The van der Waals surface area contributed by atoms with Crippen LogP contribution in [-0.4, -0.2) is 25.6 Å². The summed E-state index contributed by atoms with van der Waals surface area (Å²) in [6, 6.07) is 0. The standard InChI is InChI=1S/C10H17ClN4/c1-15-13-10(12-14-15)7-8-4-2-3-5-9(11)6-8/h8-9H,2-7H2,1H3. The van der Waals surface area contributed by atoms with Crippen molar-refractivity contribution in [1.82, 2.24) is 20.2 Å². The largest absolute Gasteiger partial charge is 0.175 e. The molecule has 2 rings (SSSR count). The Labute approximate surface area is 95.0 Å². The van der Waals surface area contributed by atoms with Crippen LogP contribution in [-0.2, 0) is 13.5 Å². The molecule has 0 aliphatic heterocycles. The second-order valence-corrected chi connectivity index (χ2v) is 5.00. The summed E-state index contributed by atoms with van der Waals surface area (Å²) in [7, 11) is 1.80. The lowest BCUT2D eigenvalue weighted by atomic mass is 9.96. The monoisotopic (exact) mass is 228 g/mol. The predicted molar refractivity (Wildman–Crippen MR) is 58.7 cm³/mol. The van der Waals surface area contributed by atoms with Crippen molar-refractivity contribution in [3.8, 4) is 0 Å². The van der Waals surface area contributed by atoms with E-state index in [1.54, 1.807) is 7.05 Å². The van der Waals surface area contributed by atoms with E-state index >= 15 is 0 Å². The molecule has 1 aromatic heterocycles. The number of aromatic nitrogens is 4. The van der Waals surface area contributed by atoms with Gasteiger partial charge in [0.2, 0.25) is 0 Å². The average molecular weight is 229 g/mol. The molecule has 4 nitrogen and oxygen atoms in total. The van der Waals surface area contributed by atoms with Gasteiger partial charge in [-0.2, -0.15) is 4.80 Å². The van der Waals surface area contributed by atoms with Crippen LogP contribution in [0.15, 0.2) is 0 Å². The Hall–Kier alpha value is -0.640. The molecule has 1 aliphatic rings. The molecule has 1 heterocycles. The van der Waals surface area contributed by atoms with E-state index in [9.17, 15) is 0 Å². The number of halogens is 1. The van der Waals surface area contributed by atoms with Gasteiger partial charge in [0, 0.05) is 11.8 Å². The Morgan fingerprint density at radius 3 is 2.93 bits per heavy atom. The van der Waals surface area contributed by atoms with Crippen molar-refractivity contribution >= 4 is 11.6 Å². The number of tetrazole rings is 1. The van der Waals surface area contributed by atoms with E-state index < -0.39 is 0 Å². The van der Waals surface area contributed by atoms with Gasteiger partial charge in [0.15, 0.2) is 5.82 Å². The van der Waals surface area contributed by atoms with Crippen LogP contribution in [0.5, 0.6) is 0 Å². The maximum absolute atomic E-state index is 6.23. The van der Waals surface area contributed by atoms with Crippen LogP contribution in [0.4, 0.5) is 0 Å². The van der Waals surface area contributed by atoms with Crippen molar-refractivity contribution in [3.05, 3.63) is 5.82 Å². The summed E-state index contributed by atoms with van der Waals surface area (Å²) in [5.74, 6) is 1.49. The maximum Gasteiger partial charge on any atom is 0.175 e. The van der Waals surface area contributed by atoms with E-state index in [1.807, 2.05) is 0 Å². The highest BCUT2D eigenvalue weighted by Gasteiger charge is 2.20. The van der Waals surface area contributed by atoms with Crippen molar-refractivity contribution in [3.63, 3.8) is 0 Å². The lowest BCUT2D eigenvalue weighted by Crippen LogP contribution is -2.10. The molecular weight excluding hydrogens is 212 g/mol. The van der Waals surface area contributed by atoms with Gasteiger partial charge in [0.25, 0.3) is 0 Å². The zero-order valence-electron chi connectivity index (χ0n) is 9.06. The molecule has 84 valence electrons. The average Bonchev–Trinajstić information content (AvgIpc) is 2.46. The molecule has 2 unspecified atom stereocenters. The maximum atomic E-state index is 6.23. The topological polar surface area (TPSA) is 43.6 Å². The fourth-order valence-electron chi connectivity index (χ4n) is 2.24. The first kappa shape index (κ1) is 10.9. The molecule has 0 bridgehead atoms. The normalized spacial score (nSPS) is 27.6. The van der Waals surface area contributed by atoms with Gasteiger partial charge < -0.3 is 0 Å². The van der Waals surface area contributed by atoms with Crippen molar-refractivity contribution in [2.24, 2.45) is 13.0 Å². The third-order valence-corrected chi connectivity index (χ3v) is 3.39. The Bertz CT molecular complexity index is 312. The van der Waals surface area contributed by atoms with Crippen LogP contribution >= 0.6 is 11.6 Å². The predicted octanol–water partition coefficient (Wildman–Crippen LogP) is 1.94. The summed E-state index contributed by atoms with van der Waals surface area (Å²) in [5, 5.41) is 12.4. The first-order chi connectivity index (χ1) is 7.24. The summed E-state index contributed by atoms with van der Waals surface area (Å²) in [5.41, 5.74) is 0. The minimum atomic E-state index is 0.342. The minimum Gasteiger partial charge on any atom is -0.167 e. The van der Waals surface area contributed by atoms with Crippen LogP contribution in [0.2, 0.25) is 0 Å². The Morgan fingerprint density at radius 1 is 1.40 bits per heavy atom. The van der Waals surface area contributed by atoms with E-state index in [0.29, 0.717) is 11.3 Å². The molecule has 1 fully saturated rings. The molecule has 1 aliphatic carbocycles. The van der Waals surface area contributed by atoms with Crippen LogP contribution in [0.1, 0.15) is 37.9 Å². The molecule has 1 aromatic rings. The zero-order valence-corrected chi connectivity index (χ0v) is 9.82. The van der Waals surface area contributed by atoms with Crippen LogP contribution in [0.25, 0.3) is 0 Å². The molecule has 5 heteroatoms. The number of hydrogen-bond acceptors (Lipinski definition) is 3. The summed E-state index contributed by atoms with van der Waals surface area (Å²) in [6.45, 7) is 0. The van der Waals surface area contributed by atoms with E-state index in [-0.39, 0.29) is 0 Å². The van der Waals surface area contributed by atoms with Crippen molar-refractivity contribution in [2.45, 2.75) is 43.9 Å². The smallest absolute Gasteiger partial charge is 0.167 e. The molecule has 1 saturated carbocycles. The van der Waals surface area contributed by atoms with Crippen molar-refractivity contribution < 1.29 is 0 Å². The number of alkyl halides is 1. The van der Waals surface area contributed by atoms with E-state index in [1.165, 1.54) is 24.1 Å². The van der Waals surface area contributed by atoms with E-state index in [2.05, 4.69) is 15.4 Å². The van der Waals surface area contributed by atoms with Gasteiger partial charge in [-0.25, -0.2) is 0 Å². The SMILES string of the molecule is Cn1nnc(CC2CCCCC(Cl)C2)n1. The lowest BCUT2D eigenvalue weighted by molar-refractivity contribution is 0.449. The van der Waals surface area contributed by atoms with Gasteiger partial charge in [-0.15, -0.1) is 21.8 Å². The third kappa shape index (κ3) is 3.16. The van der Waals surface area contributed by atoms with Crippen LogP contribution < -0.4 is 0 Å². The van der Waals surface area contributed by atoms with Gasteiger partial charge >= 0.3 is 0 Å². The lowest BCUT2D eigenvalue weighted by Gasteiger charge is -2.13. The highest BCUT2D eigenvalue weighted by atomic mass is 35.5. The fourth-order valence-corrected chi connectivity index (χ4v) is 2.65. The van der Waals surface area contributed by atoms with Gasteiger partial charge in [-0.3, -0.25) is 0 Å². The molecule has 0 saturated heterocycles. The minimum absolute atomic E-state index is 0.342. The third-order valence-electron chi connectivity index (χ3n) is 2.99. The van der Waals surface area contributed by atoms with Crippen LogP contribution in [0, 0.1) is 5.92 Å². The molecule has 0 radical (unpaired) electrons. The highest BCUT2D eigenvalue weighted by molar-refractivity contribution is 6.20. The molecule has 0 amide bonds.